The van der Waals surface area contributed by atoms with E-state index < -0.39 is 0 Å². The standard InChI is InChI=1S/C13H17BrOS/c14-11-6-7-13(10(8-11)9-15)16-12-4-2-1-3-5-12/h6-8,12,15H,1-5,9H2. The number of hydrogen-bond donors (Lipinski definition) is 1. The lowest BCUT2D eigenvalue weighted by molar-refractivity contribution is 0.279. The maximum absolute atomic E-state index is 9.34. The van der Waals surface area contributed by atoms with Crippen LogP contribution in [0, 0.1) is 0 Å². The van der Waals surface area contributed by atoms with Gasteiger partial charge in [-0.3, -0.25) is 0 Å². The zero-order chi connectivity index (χ0) is 11.4. The van der Waals surface area contributed by atoms with E-state index in [0.29, 0.717) is 0 Å². The molecule has 1 nitrogen and oxygen atoms in total. The Hall–Kier alpha value is 0.01000. The van der Waals surface area contributed by atoms with Crippen LogP contribution in [0.2, 0.25) is 0 Å². The SMILES string of the molecule is OCc1cc(Br)ccc1SC1CCCCC1. The molecule has 1 aliphatic carbocycles. The highest BCUT2D eigenvalue weighted by Crippen LogP contribution is 2.36. The monoisotopic (exact) mass is 300 g/mol. The maximum atomic E-state index is 9.34. The van der Waals surface area contributed by atoms with Crippen molar-refractivity contribution in [2.45, 2.75) is 48.9 Å². The van der Waals surface area contributed by atoms with Crippen LogP contribution < -0.4 is 0 Å². The molecule has 1 fully saturated rings. The van der Waals surface area contributed by atoms with Gasteiger partial charge in [-0.2, -0.15) is 0 Å². The minimum atomic E-state index is 0.133. The second-order valence-corrected chi connectivity index (χ2v) is 6.55. The molecule has 0 radical (unpaired) electrons. The van der Waals surface area contributed by atoms with Gasteiger partial charge in [-0.1, -0.05) is 35.2 Å². The van der Waals surface area contributed by atoms with E-state index in [1.54, 1.807) is 0 Å². The van der Waals surface area contributed by atoms with E-state index in [4.69, 9.17) is 0 Å². The molecule has 0 atom stereocenters. The summed E-state index contributed by atoms with van der Waals surface area (Å²) in [4.78, 5) is 1.25. The average molecular weight is 301 g/mol. The molecule has 88 valence electrons. The first-order chi connectivity index (χ1) is 7.79. The van der Waals surface area contributed by atoms with Crippen molar-refractivity contribution in [1.82, 2.24) is 0 Å². The lowest BCUT2D eigenvalue weighted by atomic mass is 10.0. The third kappa shape index (κ3) is 3.25. The van der Waals surface area contributed by atoms with E-state index in [-0.39, 0.29) is 6.61 Å². The Labute approximate surface area is 110 Å². The molecule has 16 heavy (non-hydrogen) atoms. The van der Waals surface area contributed by atoms with Crippen molar-refractivity contribution in [2.24, 2.45) is 0 Å². The summed E-state index contributed by atoms with van der Waals surface area (Å²) in [5.41, 5.74) is 1.05. The number of benzene rings is 1. The molecular weight excluding hydrogens is 284 g/mol. The van der Waals surface area contributed by atoms with E-state index in [9.17, 15) is 5.11 Å². The van der Waals surface area contributed by atoms with Crippen LogP contribution in [0.5, 0.6) is 0 Å². The molecule has 1 aromatic rings. The van der Waals surface area contributed by atoms with Crippen molar-refractivity contribution in [3.05, 3.63) is 28.2 Å². The lowest BCUT2D eigenvalue weighted by Gasteiger charge is -2.22. The molecule has 0 saturated heterocycles. The Bertz CT molecular complexity index is 348. The average Bonchev–Trinajstić information content (AvgIpc) is 2.33. The summed E-state index contributed by atoms with van der Waals surface area (Å²) in [6.45, 7) is 0.133. The maximum Gasteiger partial charge on any atom is 0.0693 e. The van der Waals surface area contributed by atoms with Gasteiger partial charge in [0.1, 0.15) is 0 Å². The van der Waals surface area contributed by atoms with Gasteiger partial charge < -0.3 is 5.11 Å². The summed E-state index contributed by atoms with van der Waals surface area (Å²) < 4.78 is 1.05. The second kappa shape index (κ2) is 6.08. The Morgan fingerprint density at radius 1 is 1.25 bits per heavy atom. The predicted octanol–water partition coefficient (Wildman–Crippen LogP) is 4.37. The lowest BCUT2D eigenvalue weighted by Crippen LogP contribution is -2.08. The molecule has 1 aromatic carbocycles. The van der Waals surface area contributed by atoms with Crippen LogP contribution in [0.15, 0.2) is 27.6 Å². The fourth-order valence-electron chi connectivity index (χ4n) is 2.15. The van der Waals surface area contributed by atoms with Crippen molar-refractivity contribution >= 4 is 27.7 Å². The van der Waals surface area contributed by atoms with Gasteiger partial charge in [0.15, 0.2) is 0 Å². The molecular formula is C13H17BrOS. The molecule has 1 aliphatic rings. The van der Waals surface area contributed by atoms with Gasteiger partial charge in [0, 0.05) is 14.6 Å². The van der Waals surface area contributed by atoms with Crippen LogP contribution in [0.25, 0.3) is 0 Å². The minimum Gasteiger partial charge on any atom is -0.392 e. The summed E-state index contributed by atoms with van der Waals surface area (Å²) in [6, 6.07) is 6.20. The molecule has 2 rings (SSSR count). The molecule has 0 heterocycles. The van der Waals surface area contributed by atoms with Crippen molar-refractivity contribution in [3.8, 4) is 0 Å². The van der Waals surface area contributed by atoms with Gasteiger partial charge in [-0.05, 0) is 36.6 Å². The zero-order valence-corrected chi connectivity index (χ0v) is 11.7. The second-order valence-electron chi connectivity index (χ2n) is 4.29. The molecule has 0 aromatic heterocycles. The normalized spacial score (nSPS) is 17.6. The van der Waals surface area contributed by atoms with Gasteiger partial charge in [0.2, 0.25) is 0 Å². The molecule has 0 amide bonds. The van der Waals surface area contributed by atoms with E-state index in [1.165, 1.54) is 37.0 Å². The fraction of sp³-hybridized carbons (Fsp3) is 0.538. The van der Waals surface area contributed by atoms with E-state index in [0.717, 1.165) is 15.3 Å². The number of aliphatic hydroxyl groups excluding tert-OH is 1. The van der Waals surface area contributed by atoms with Crippen molar-refractivity contribution in [3.63, 3.8) is 0 Å². The largest absolute Gasteiger partial charge is 0.392 e. The molecule has 3 heteroatoms. The van der Waals surface area contributed by atoms with Crippen LogP contribution in [0.4, 0.5) is 0 Å². The van der Waals surface area contributed by atoms with Gasteiger partial charge in [-0.25, -0.2) is 0 Å². The van der Waals surface area contributed by atoms with Crippen LogP contribution >= 0.6 is 27.7 Å². The Morgan fingerprint density at radius 3 is 2.69 bits per heavy atom. The highest BCUT2D eigenvalue weighted by molar-refractivity contribution is 9.10. The van der Waals surface area contributed by atoms with Gasteiger partial charge in [0.25, 0.3) is 0 Å². The number of hydrogen-bond acceptors (Lipinski definition) is 2. The Kier molecular flexibility index (Phi) is 4.74. The summed E-state index contributed by atoms with van der Waals surface area (Å²) in [5.74, 6) is 0. The van der Waals surface area contributed by atoms with Crippen LogP contribution in [0.3, 0.4) is 0 Å². The summed E-state index contributed by atoms with van der Waals surface area (Å²) in [6.07, 6.45) is 6.77. The third-order valence-corrected chi connectivity index (χ3v) is 4.99. The summed E-state index contributed by atoms with van der Waals surface area (Å²) in [5, 5.41) is 10.1. The molecule has 0 spiro atoms. The zero-order valence-electron chi connectivity index (χ0n) is 9.29. The molecule has 1 saturated carbocycles. The van der Waals surface area contributed by atoms with Crippen molar-refractivity contribution in [1.29, 1.82) is 0 Å². The van der Waals surface area contributed by atoms with E-state index in [2.05, 4.69) is 28.1 Å². The van der Waals surface area contributed by atoms with E-state index in [1.807, 2.05) is 17.8 Å². The number of aliphatic hydroxyl groups is 1. The highest BCUT2D eigenvalue weighted by Gasteiger charge is 2.16. The Balaban J connectivity index is 2.07. The highest BCUT2D eigenvalue weighted by atomic mass is 79.9. The quantitative estimate of drug-likeness (QED) is 0.895. The first kappa shape index (κ1) is 12.5. The van der Waals surface area contributed by atoms with Crippen LogP contribution in [0.1, 0.15) is 37.7 Å². The first-order valence-electron chi connectivity index (χ1n) is 5.85. The third-order valence-electron chi connectivity index (χ3n) is 3.04. The molecule has 0 unspecified atom stereocenters. The smallest absolute Gasteiger partial charge is 0.0693 e. The molecule has 0 bridgehead atoms. The molecule has 0 aliphatic heterocycles. The van der Waals surface area contributed by atoms with Crippen molar-refractivity contribution < 1.29 is 5.11 Å². The summed E-state index contributed by atoms with van der Waals surface area (Å²) >= 11 is 5.39. The molecule has 1 N–H and O–H groups in total. The first-order valence-corrected chi connectivity index (χ1v) is 7.53. The van der Waals surface area contributed by atoms with Crippen LogP contribution in [-0.2, 0) is 6.61 Å². The van der Waals surface area contributed by atoms with Crippen molar-refractivity contribution in [2.75, 3.05) is 0 Å². The fourth-order valence-corrected chi connectivity index (χ4v) is 3.91. The predicted molar refractivity (Wildman–Crippen MR) is 72.8 cm³/mol. The van der Waals surface area contributed by atoms with Crippen LogP contribution in [-0.4, -0.2) is 10.4 Å². The topological polar surface area (TPSA) is 20.2 Å². The van der Waals surface area contributed by atoms with E-state index >= 15 is 0 Å². The summed E-state index contributed by atoms with van der Waals surface area (Å²) in [7, 11) is 0. The number of thioether (sulfide) groups is 1. The van der Waals surface area contributed by atoms with Gasteiger partial charge >= 0.3 is 0 Å². The van der Waals surface area contributed by atoms with Gasteiger partial charge in [0.05, 0.1) is 6.61 Å². The Morgan fingerprint density at radius 2 is 2.00 bits per heavy atom. The number of halogens is 1. The number of rotatable bonds is 3. The van der Waals surface area contributed by atoms with Gasteiger partial charge in [-0.15, -0.1) is 11.8 Å². The minimum absolute atomic E-state index is 0.133.